The van der Waals surface area contributed by atoms with E-state index in [1.165, 1.54) is 109 Å². The second-order valence-corrected chi connectivity index (χ2v) is 10.2. The summed E-state index contributed by atoms with van der Waals surface area (Å²) in [4.78, 5) is 0. The standard InChI is InChI=1S/C26H52/c1-6-8-10-12-14-15-17-19-24(23(3)4)21-26(5)22-25(26)20-18-16-13-11-9-7-2/h23-25H,6-22H2,1-5H3. The molecule has 3 atom stereocenters. The Hall–Kier alpha value is 0. The summed E-state index contributed by atoms with van der Waals surface area (Å²) >= 11 is 0. The fraction of sp³-hybridized carbons (Fsp3) is 1.00. The predicted molar refractivity (Wildman–Crippen MR) is 120 cm³/mol. The molecule has 0 amide bonds. The summed E-state index contributed by atoms with van der Waals surface area (Å²) in [5.74, 6) is 2.91. The van der Waals surface area contributed by atoms with Crippen LogP contribution in [0.15, 0.2) is 0 Å². The van der Waals surface area contributed by atoms with Crippen molar-refractivity contribution in [2.75, 3.05) is 0 Å². The van der Waals surface area contributed by atoms with E-state index in [-0.39, 0.29) is 0 Å². The zero-order valence-corrected chi connectivity index (χ0v) is 19.3. The number of rotatable bonds is 18. The molecule has 1 fully saturated rings. The Labute approximate surface area is 167 Å². The van der Waals surface area contributed by atoms with Crippen molar-refractivity contribution < 1.29 is 0 Å². The van der Waals surface area contributed by atoms with Crippen molar-refractivity contribution in [1.82, 2.24) is 0 Å². The van der Waals surface area contributed by atoms with Crippen molar-refractivity contribution >= 4 is 0 Å². The lowest BCUT2D eigenvalue weighted by molar-refractivity contribution is 0.256. The van der Waals surface area contributed by atoms with E-state index in [0.29, 0.717) is 5.41 Å². The maximum Gasteiger partial charge on any atom is -0.0292 e. The lowest BCUT2D eigenvalue weighted by Crippen LogP contribution is -2.15. The average molecular weight is 365 g/mol. The minimum atomic E-state index is 0.708. The maximum absolute atomic E-state index is 2.61. The van der Waals surface area contributed by atoms with Gasteiger partial charge in [-0.1, -0.05) is 125 Å². The number of unbranched alkanes of at least 4 members (excludes halogenated alkanes) is 11. The summed E-state index contributed by atoms with van der Waals surface area (Å²) in [6, 6.07) is 0. The van der Waals surface area contributed by atoms with Crippen LogP contribution in [0.25, 0.3) is 0 Å². The molecule has 1 aliphatic rings. The van der Waals surface area contributed by atoms with Crippen LogP contribution in [-0.2, 0) is 0 Å². The van der Waals surface area contributed by atoms with E-state index in [1.54, 1.807) is 0 Å². The van der Waals surface area contributed by atoms with Crippen LogP contribution in [0.2, 0.25) is 0 Å². The lowest BCUT2D eigenvalue weighted by atomic mass is 9.80. The minimum absolute atomic E-state index is 0.708. The van der Waals surface area contributed by atoms with Gasteiger partial charge in [0.1, 0.15) is 0 Å². The third-order valence-electron chi connectivity index (χ3n) is 7.29. The van der Waals surface area contributed by atoms with Gasteiger partial charge in [-0.05, 0) is 42.4 Å². The van der Waals surface area contributed by atoms with Crippen LogP contribution in [0.1, 0.15) is 144 Å². The molecular formula is C26H52. The molecule has 156 valence electrons. The first-order chi connectivity index (χ1) is 12.5. The molecule has 1 aliphatic carbocycles. The van der Waals surface area contributed by atoms with Crippen molar-refractivity contribution in [3.8, 4) is 0 Å². The van der Waals surface area contributed by atoms with E-state index >= 15 is 0 Å². The second-order valence-electron chi connectivity index (χ2n) is 10.2. The van der Waals surface area contributed by atoms with E-state index < -0.39 is 0 Å². The molecule has 0 heterocycles. The van der Waals surface area contributed by atoms with Gasteiger partial charge in [0.15, 0.2) is 0 Å². The van der Waals surface area contributed by atoms with Crippen molar-refractivity contribution in [2.24, 2.45) is 23.2 Å². The van der Waals surface area contributed by atoms with E-state index in [9.17, 15) is 0 Å². The first kappa shape index (κ1) is 24.0. The van der Waals surface area contributed by atoms with Gasteiger partial charge >= 0.3 is 0 Å². The Morgan fingerprint density at radius 1 is 0.731 bits per heavy atom. The smallest absolute Gasteiger partial charge is 0.0292 e. The van der Waals surface area contributed by atoms with Gasteiger partial charge in [0.05, 0.1) is 0 Å². The summed E-state index contributed by atoms with van der Waals surface area (Å²) in [6.07, 6.45) is 25.0. The van der Waals surface area contributed by atoms with Crippen LogP contribution in [-0.4, -0.2) is 0 Å². The first-order valence-electron chi connectivity index (χ1n) is 12.5. The fourth-order valence-corrected chi connectivity index (χ4v) is 5.01. The molecule has 0 radical (unpaired) electrons. The summed E-state index contributed by atoms with van der Waals surface area (Å²) < 4.78 is 0. The third-order valence-corrected chi connectivity index (χ3v) is 7.29. The number of hydrogen-bond acceptors (Lipinski definition) is 0. The third kappa shape index (κ3) is 10.4. The molecule has 0 aromatic heterocycles. The van der Waals surface area contributed by atoms with Gasteiger partial charge in [-0.25, -0.2) is 0 Å². The Morgan fingerprint density at radius 2 is 1.23 bits per heavy atom. The Balaban J connectivity index is 2.13. The fourth-order valence-electron chi connectivity index (χ4n) is 5.01. The zero-order chi connectivity index (χ0) is 19.3. The Kier molecular flexibility index (Phi) is 13.0. The highest BCUT2D eigenvalue weighted by Crippen LogP contribution is 2.59. The molecule has 0 aliphatic heterocycles. The topological polar surface area (TPSA) is 0 Å². The summed E-state index contributed by atoms with van der Waals surface area (Å²) in [5.41, 5.74) is 0.708. The SMILES string of the molecule is CCCCCCCCCC(CC1(C)CC1CCCCCCCC)C(C)C. The quantitative estimate of drug-likeness (QED) is 0.212. The van der Waals surface area contributed by atoms with Gasteiger partial charge in [0.25, 0.3) is 0 Å². The monoisotopic (exact) mass is 364 g/mol. The van der Waals surface area contributed by atoms with E-state index in [0.717, 1.165) is 17.8 Å². The largest absolute Gasteiger partial charge is 0.0654 e. The zero-order valence-electron chi connectivity index (χ0n) is 19.3. The normalized spacial score (nSPS) is 23.5. The Morgan fingerprint density at radius 3 is 1.77 bits per heavy atom. The van der Waals surface area contributed by atoms with Gasteiger partial charge in [-0.3, -0.25) is 0 Å². The van der Waals surface area contributed by atoms with Crippen LogP contribution < -0.4 is 0 Å². The molecule has 0 heteroatoms. The Bertz CT molecular complexity index is 318. The van der Waals surface area contributed by atoms with Crippen LogP contribution in [0.4, 0.5) is 0 Å². The molecular weight excluding hydrogens is 312 g/mol. The van der Waals surface area contributed by atoms with Gasteiger partial charge in [-0.15, -0.1) is 0 Å². The number of hydrogen-bond donors (Lipinski definition) is 0. The van der Waals surface area contributed by atoms with Gasteiger partial charge in [0.2, 0.25) is 0 Å². The summed E-state index contributed by atoms with van der Waals surface area (Å²) in [5, 5.41) is 0. The van der Waals surface area contributed by atoms with Crippen LogP contribution >= 0.6 is 0 Å². The van der Waals surface area contributed by atoms with Crippen molar-refractivity contribution in [3.63, 3.8) is 0 Å². The van der Waals surface area contributed by atoms with Crippen molar-refractivity contribution in [1.29, 1.82) is 0 Å². The highest BCUT2D eigenvalue weighted by molar-refractivity contribution is 4.99. The molecule has 0 aromatic rings. The van der Waals surface area contributed by atoms with E-state index in [4.69, 9.17) is 0 Å². The molecule has 0 bridgehead atoms. The molecule has 0 spiro atoms. The first-order valence-corrected chi connectivity index (χ1v) is 12.5. The lowest BCUT2D eigenvalue weighted by Gasteiger charge is -2.25. The molecule has 0 saturated heterocycles. The summed E-state index contributed by atoms with van der Waals surface area (Å²) in [6.45, 7) is 12.2. The molecule has 0 aromatic carbocycles. The van der Waals surface area contributed by atoms with Gasteiger partial charge < -0.3 is 0 Å². The van der Waals surface area contributed by atoms with Gasteiger partial charge in [0, 0.05) is 0 Å². The van der Waals surface area contributed by atoms with Gasteiger partial charge in [-0.2, -0.15) is 0 Å². The molecule has 26 heavy (non-hydrogen) atoms. The molecule has 0 nitrogen and oxygen atoms in total. The van der Waals surface area contributed by atoms with Crippen LogP contribution in [0, 0.1) is 23.2 Å². The molecule has 3 unspecified atom stereocenters. The van der Waals surface area contributed by atoms with E-state index in [1.807, 2.05) is 0 Å². The maximum atomic E-state index is 2.61. The molecule has 1 saturated carbocycles. The van der Waals surface area contributed by atoms with Crippen LogP contribution in [0.3, 0.4) is 0 Å². The predicted octanol–water partition coefficient (Wildman–Crippen LogP) is 9.57. The highest BCUT2D eigenvalue weighted by Gasteiger charge is 2.49. The van der Waals surface area contributed by atoms with Crippen molar-refractivity contribution in [2.45, 2.75) is 144 Å². The second kappa shape index (κ2) is 14.1. The molecule has 1 rings (SSSR count). The van der Waals surface area contributed by atoms with E-state index in [2.05, 4.69) is 34.6 Å². The average Bonchev–Trinajstić information content (AvgIpc) is 3.25. The van der Waals surface area contributed by atoms with Crippen LogP contribution in [0.5, 0.6) is 0 Å². The minimum Gasteiger partial charge on any atom is -0.0654 e. The molecule has 0 N–H and O–H groups in total. The highest BCUT2D eigenvalue weighted by atomic mass is 14.5. The summed E-state index contributed by atoms with van der Waals surface area (Å²) in [7, 11) is 0. The van der Waals surface area contributed by atoms with Crippen molar-refractivity contribution in [3.05, 3.63) is 0 Å².